The lowest BCUT2D eigenvalue weighted by Crippen LogP contribution is -2.38. The number of pyridine rings is 1. The number of hydrogen-bond acceptors (Lipinski definition) is 4. The molecule has 0 radical (unpaired) electrons. The van der Waals surface area contributed by atoms with Crippen LogP contribution in [0.5, 0.6) is 0 Å². The highest BCUT2D eigenvalue weighted by atomic mass is 16.1. The molecule has 2 aromatic rings. The van der Waals surface area contributed by atoms with Crippen LogP contribution >= 0.6 is 0 Å². The number of benzene rings is 1. The molecule has 0 aliphatic carbocycles. The van der Waals surface area contributed by atoms with Gasteiger partial charge < -0.3 is 16.4 Å². The fraction of sp³-hybridized carbons (Fsp3) is 0.333. The van der Waals surface area contributed by atoms with Crippen molar-refractivity contribution in [2.45, 2.75) is 26.8 Å². The molecule has 20 heavy (non-hydrogen) atoms. The molecule has 0 aliphatic rings. The number of hydrogen-bond donors (Lipinski definition) is 2. The second-order valence-corrected chi connectivity index (χ2v) is 5.23. The maximum Gasteiger partial charge on any atom is 0.236 e. The number of rotatable bonds is 4. The van der Waals surface area contributed by atoms with Crippen LogP contribution in [0.1, 0.15) is 19.5 Å². The first-order valence-corrected chi connectivity index (χ1v) is 6.60. The smallest absolute Gasteiger partial charge is 0.236 e. The van der Waals surface area contributed by atoms with E-state index in [1.165, 1.54) is 0 Å². The van der Waals surface area contributed by atoms with Crippen molar-refractivity contribution in [3.05, 3.63) is 30.1 Å². The fourth-order valence-corrected chi connectivity index (χ4v) is 2.31. The van der Waals surface area contributed by atoms with E-state index in [-0.39, 0.29) is 18.5 Å². The summed E-state index contributed by atoms with van der Waals surface area (Å²) in [5.41, 5.74) is 13.9. The number of amides is 1. The lowest BCUT2D eigenvalue weighted by Gasteiger charge is -2.29. The molecule has 0 aliphatic heterocycles. The van der Waals surface area contributed by atoms with Crippen molar-refractivity contribution in [2.24, 2.45) is 5.73 Å². The molecule has 4 N–H and O–H groups in total. The number of carbonyl (C=O) groups excluding carboxylic acids is 1. The van der Waals surface area contributed by atoms with Crippen LogP contribution in [0.3, 0.4) is 0 Å². The Hall–Kier alpha value is -2.30. The van der Waals surface area contributed by atoms with Crippen LogP contribution in [-0.2, 0) is 4.79 Å². The molecule has 1 amide bonds. The Labute approximate surface area is 118 Å². The zero-order valence-corrected chi connectivity index (χ0v) is 12.1. The highest BCUT2D eigenvalue weighted by molar-refractivity contribution is 6.02. The van der Waals surface area contributed by atoms with Gasteiger partial charge in [-0.25, -0.2) is 0 Å². The van der Waals surface area contributed by atoms with Gasteiger partial charge in [0.05, 0.1) is 6.54 Å². The number of anilines is 2. The number of nitrogen functional groups attached to an aromatic ring is 1. The van der Waals surface area contributed by atoms with Crippen LogP contribution in [0.25, 0.3) is 10.8 Å². The van der Waals surface area contributed by atoms with E-state index >= 15 is 0 Å². The Bertz CT molecular complexity index is 652. The Kier molecular flexibility index (Phi) is 3.79. The third-order valence-electron chi connectivity index (χ3n) is 3.31. The van der Waals surface area contributed by atoms with Crippen LogP contribution in [0.15, 0.2) is 24.4 Å². The molecule has 0 bridgehead atoms. The molecule has 1 aromatic heterocycles. The van der Waals surface area contributed by atoms with E-state index in [2.05, 4.69) is 4.98 Å². The Morgan fingerprint density at radius 2 is 2.05 bits per heavy atom. The summed E-state index contributed by atoms with van der Waals surface area (Å²) in [7, 11) is 0. The van der Waals surface area contributed by atoms with E-state index in [4.69, 9.17) is 11.5 Å². The van der Waals surface area contributed by atoms with Gasteiger partial charge in [0.1, 0.15) is 0 Å². The zero-order valence-electron chi connectivity index (χ0n) is 12.1. The maximum absolute atomic E-state index is 11.3. The molecule has 0 spiro atoms. The van der Waals surface area contributed by atoms with E-state index in [1.54, 1.807) is 6.20 Å². The first-order chi connectivity index (χ1) is 9.40. The summed E-state index contributed by atoms with van der Waals surface area (Å²) in [6.07, 6.45) is 1.77. The van der Waals surface area contributed by atoms with E-state index in [1.807, 2.05) is 43.9 Å². The second-order valence-electron chi connectivity index (χ2n) is 5.23. The highest BCUT2D eigenvalue weighted by Gasteiger charge is 2.16. The van der Waals surface area contributed by atoms with Crippen LogP contribution in [0, 0.1) is 6.92 Å². The number of fused-ring (bicyclic) bond motifs is 1. The number of nitrogens with two attached hydrogens (primary N) is 2. The number of carbonyl (C=O) groups is 1. The fourth-order valence-electron chi connectivity index (χ4n) is 2.31. The summed E-state index contributed by atoms with van der Waals surface area (Å²) < 4.78 is 0. The third-order valence-corrected chi connectivity index (χ3v) is 3.31. The SMILES string of the molecule is Cc1cc2c(N(CC(N)=O)C(C)C)ccc(N)c2cn1. The third kappa shape index (κ3) is 2.66. The molecule has 1 heterocycles. The lowest BCUT2D eigenvalue weighted by molar-refractivity contribution is -0.116. The van der Waals surface area contributed by atoms with Gasteiger partial charge in [-0.05, 0) is 39.0 Å². The summed E-state index contributed by atoms with van der Waals surface area (Å²) >= 11 is 0. The monoisotopic (exact) mass is 272 g/mol. The van der Waals surface area contributed by atoms with Crippen LogP contribution in [0.4, 0.5) is 11.4 Å². The maximum atomic E-state index is 11.3. The molecular weight excluding hydrogens is 252 g/mol. The first kappa shape index (κ1) is 14.1. The summed E-state index contributed by atoms with van der Waals surface area (Å²) in [6, 6.07) is 5.91. The molecule has 2 rings (SSSR count). The summed E-state index contributed by atoms with van der Waals surface area (Å²) in [5, 5.41) is 1.88. The van der Waals surface area contributed by atoms with Gasteiger partial charge in [0.2, 0.25) is 5.91 Å². The molecule has 0 atom stereocenters. The van der Waals surface area contributed by atoms with Crippen molar-refractivity contribution < 1.29 is 4.79 Å². The topological polar surface area (TPSA) is 85.2 Å². The largest absolute Gasteiger partial charge is 0.398 e. The summed E-state index contributed by atoms with van der Waals surface area (Å²) in [4.78, 5) is 17.6. The van der Waals surface area contributed by atoms with Crippen molar-refractivity contribution in [1.82, 2.24) is 4.98 Å². The minimum absolute atomic E-state index is 0.155. The molecule has 0 saturated heterocycles. The minimum Gasteiger partial charge on any atom is -0.398 e. The molecule has 0 saturated carbocycles. The molecule has 106 valence electrons. The van der Waals surface area contributed by atoms with Gasteiger partial charge in [-0.1, -0.05) is 0 Å². The van der Waals surface area contributed by atoms with Crippen molar-refractivity contribution in [2.75, 3.05) is 17.2 Å². The predicted molar refractivity (Wildman–Crippen MR) is 82.6 cm³/mol. The Morgan fingerprint density at radius 1 is 1.35 bits per heavy atom. The Morgan fingerprint density at radius 3 is 2.65 bits per heavy atom. The first-order valence-electron chi connectivity index (χ1n) is 6.60. The van der Waals surface area contributed by atoms with Crippen LogP contribution < -0.4 is 16.4 Å². The normalized spacial score (nSPS) is 11.0. The quantitative estimate of drug-likeness (QED) is 0.831. The molecule has 1 aromatic carbocycles. The molecule has 0 fully saturated rings. The molecule has 5 nitrogen and oxygen atoms in total. The average molecular weight is 272 g/mol. The number of aromatic nitrogens is 1. The molecule has 0 unspecified atom stereocenters. The number of aryl methyl sites for hydroxylation is 1. The van der Waals surface area contributed by atoms with Crippen molar-refractivity contribution in [3.8, 4) is 0 Å². The summed E-state index contributed by atoms with van der Waals surface area (Å²) in [6.45, 7) is 6.16. The van der Waals surface area contributed by atoms with Crippen LogP contribution in [0.2, 0.25) is 0 Å². The van der Waals surface area contributed by atoms with E-state index in [0.717, 1.165) is 22.2 Å². The predicted octanol–water partition coefficient (Wildman–Crippen LogP) is 1.83. The van der Waals surface area contributed by atoms with Gasteiger partial charge in [-0.15, -0.1) is 0 Å². The van der Waals surface area contributed by atoms with Gasteiger partial charge in [-0.3, -0.25) is 9.78 Å². The van der Waals surface area contributed by atoms with Crippen LogP contribution in [-0.4, -0.2) is 23.5 Å². The molecule has 5 heteroatoms. The average Bonchev–Trinajstić information content (AvgIpc) is 2.36. The summed E-state index contributed by atoms with van der Waals surface area (Å²) in [5.74, 6) is -0.352. The van der Waals surface area contributed by atoms with E-state index in [9.17, 15) is 4.79 Å². The Balaban J connectivity index is 2.65. The van der Waals surface area contributed by atoms with Crippen molar-refractivity contribution >= 4 is 28.1 Å². The number of nitrogens with zero attached hydrogens (tertiary/aromatic N) is 2. The van der Waals surface area contributed by atoms with Gasteiger partial charge in [0.15, 0.2) is 0 Å². The van der Waals surface area contributed by atoms with Gasteiger partial charge in [-0.2, -0.15) is 0 Å². The number of primary amides is 1. The minimum atomic E-state index is -0.352. The van der Waals surface area contributed by atoms with Crippen molar-refractivity contribution in [1.29, 1.82) is 0 Å². The van der Waals surface area contributed by atoms with E-state index in [0.29, 0.717) is 5.69 Å². The second kappa shape index (κ2) is 5.36. The lowest BCUT2D eigenvalue weighted by atomic mass is 10.1. The van der Waals surface area contributed by atoms with Gasteiger partial charge in [0.25, 0.3) is 0 Å². The highest BCUT2D eigenvalue weighted by Crippen LogP contribution is 2.31. The molecular formula is C15H20N4O. The van der Waals surface area contributed by atoms with Gasteiger partial charge >= 0.3 is 0 Å². The standard InChI is InChI=1S/C15H20N4O/c1-9(2)19(8-15(17)20)14-5-4-13(16)12-7-18-10(3)6-11(12)14/h4-7,9H,8,16H2,1-3H3,(H2,17,20). The zero-order chi connectivity index (χ0) is 14.9. The van der Waals surface area contributed by atoms with E-state index < -0.39 is 0 Å². The van der Waals surface area contributed by atoms with Gasteiger partial charge in [0, 0.05) is 40.1 Å². The van der Waals surface area contributed by atoms with Crippen molar-refractivity contribution in [3.63, 3.8) is 0 Å².